The molecule has 7 heteroatoms. The smallest absolute Gasteiger partial charge is 0.269 e. The van der Waals surface area contributed by atoms with E-state index in [1.807, 2.05) is 30.3 Å². The molecule has 3 aromatic rings. The van der Waals surface area contributed by atoms with E-state index in [9.17, 15) is 9.59 Å². The predicted octanol–water partition coefficient (Wildman–Crippen LogP) is 1.38. The molecule has 0 aliphatic heterocycles. The number of H-pyrrole nitrogens is 1. The van der Waals surface area contributed by atoms with Gasteiger partial charge < -0.3 is 4.42 Å². The number of aromatic amines is 1. The Morgan fingerprint density at radius 1 is 1.14 bits per heavy atom. The zero-order valence-electron chi connectivity index (χ0n) is 11.5. The number of tetrazole rings is 1. The molecule has 0 unspecified atom stereocenters. The van der Waals surface area contributed by atoms with Crippen molar-refractivity contribution in [3.05, 3.63) is 65.4 Å². The van der Waals surface area contributed by atoms with E-state index in [1.54, 1.807) is 6.07 Å². The highest BCUT2D eigenvalue weighted by atomic mass is 16.3. The van der Waals surface area contributed by atoms with Crippen LogP contribution in [0.25, 0.3) is 0 Å². The molecular weight excluding hydrogens is 284 g/mol. The number of rotatable bonds is 6. The molecule has 0 radical (unpaired) electrons. The molecule has 3 rings (SSSR count). The lowest BCUT2D eigenvalue weighted by Gasteiger charge is -2.02. The van der Waals surface area contributed by atoms with Crippen LogP contribution in [-0.4, -0.2) is 32.2 Å². The third-order valence-corrected chi connectivity index (χ3v) is 3.20. The second-order valence-electron chi connectivity index (χ2n) is 4.70. The van der Waals surface area contributed by atoms with Crippen LogP contribution >= 0.6 is 0 Å². The molecule has 0 atom stereocenters. The molecule has 0 saturated carbocycles. The predicted molar refractivity (Wildman–Crippen MR) is 75.2 cm³/mol. The molecule has 1 aromatic carbocycles. The first-order valence-corrected chi connectivity index (χ1v) is 6.64. The summed E-state index contributed by atoms with van der Waals surface area (Å²) in [5, 5.41) is 12.4. The maximum atomic E-state index is 12.0. The lowest BCUT2D eigenvalue weighted by atomic mass is 10.0. The number of carbonyl (C=O) groups excluding carboxylic acids is 2. The van der Waals surface area contributed by atoms with E-state index in [4.69, 9.17) is 4.42 Å². The van der Waals surface area contributed by atoms with Gasteiger partial charge in [0.2, 0.25) is 11.6 Å². The largest absolute Gasteiger partial charge is 0.469 e. The van der Waals surface area contributed by atoms with Gasteiger partial charge in [-0.15, -0.1) is 10.2 Å². The highest BCUT2D eigenvalue weighted by molar-refractivity contribution is 6.42. The Hall–Kier alpha value is -3.09. The summed E-state index contributed by atoms with van der Waals surface area (Å²) in [5.74, 6) is -1.17. The van der Waals surface area contributed by atoms with Crippen LogP contribution in [0.1, 0.15) is 27.5 Å². The minimum absolute atomic E-state index is 0.122. The molecule has 0 fully saturated rings. The number of carbonyl (C=O) groups is 2. The van der Waals surface area contributed by atoms with Gasteiger partial charge in [-0.3, -0.25) is 9.59 Å². The van der Waals surface area contributed by atoms with Crippen LogP contribution in [0.4, 0.5) is 0 Å². The Kier molecular flexibility index (Phi) is 3.86. The van der Waals surface area contributed by atoms with Gasteiger partial charge in [0.1, 0.15) is 5.76 Å². The fourth-order valence-electron chi connectivity index (χ4n) is 2.10. The number of Topliss-reactive ketones (excluding diaryl/α,β-unsaturated/α-hetero) is 2. The van der Waals surface area contributed by atoms with Gasteiger partial charge in [0.25, 0.3) is 5.78 Å². The van der Waals surface area contributed by atoms with Crippen molar-refractivity contribution in [1.82, 2.24) is 20.6 Å². The average molecular weight is 296 g/mol. The Bertz CT molecular complexity index is 778. The Morgan fingerprint density at radius 3 is 2.68 bits per heavy atom. The molecule has 1 N–H and O–H groups in total. The number of furan rings is 1. The molecule has 22 heavy (non-hydrogen) atoms. The number of nitrogens with zero attached hydrogens (tertiary/aromatic N) is 3. The maximum absolute atomic E-state index is 12.0. The molecular formula is C15H12N4O3. The quantitative estimate of drug-likeness (QED) is 0.544. The summed E-state index contributed by atoms with van der Waals surface area (Å²) in [5.41, 5.74) is 1.97. The minimum Gasteiger partial charge on any atom is -0.469 e. The summed E-state index contributed by atoms with van der Waals surface area (Å²) in [6, 6.07) is 11.6. The number of aromatic nitrogens is 4. The van der Waals surface area contributed by atoms with Crippen LogP contribution in [0.5, 0.6) is 0 Å². The monoisotopic (exact) mass is 296 g/mol. The molecule has 7 nitrogen and oxygen atoms in total. The van der Waals surface area contributed by atoms with Crippen molar-refractivity contribution in [1.29, 1.82) is 0 Å². The van der Waals surface area contributed by atoms with Gasteiger partial charge in [-0.1, -0.05) is 30.3 Å². The van der Waals surface area contributed by atoms with Crippen LogP contribution in [0, 0.1) is 0 Å². The van der Waals surface area contributed by atoms with Gasteiger partial charge in [0, 0.05) is 6.42 Å². The van der Waals surface area contributed by atoms with Gasteiger partial charge in [-0.2, -0.15) is 5.21 Å². The van der Waals surface area contributed by atoms with Crippen molar-refractivity contribution in [2.24, 2.45) is 0 Å². The maximum Gasteiger partial charge on any atom is 0.269 e. The first kappa shape index (κ1) is 13.9. The molecule has 0 amide bonds. The number of ketones is 2. The van der Waals surface area contributed by atoms with Crippen LogP contribution in [0.15, 0.2) is 47.1 Å². The van der Waals surface area contributed by atoms with Gasteiger partial charge in [0.05, 0.1) is 12.7 Å². The van der Waals surface area contributed by atoms with Gasteiger partial charge in [0.15, 0.2) is 0 Å². The van der Waals surface area contributed by atoms with Crippen LogP contribution in [0.2, 0.25) is 0 Å². The zero-order chi connectivity index (χ0) is 15.4. The SMILES string of the molecule is O=C(Cc1occc1Cc1ccccc1)C(=O)c1nn[nH]n1. The number of nitrogens with one attached hydrogen (secondary N) is 1. The second-order valence-corrected chi connectivity index (χ2v) is 4.70. The summed E-state index contributed by atoms with van der Waals surface area (Å²) in [7, 11) is 0. The second kappa shape index (κ2) is 6.13. The first-order valence-electron chi connectivity index (χ1n) is 6.64. The molecule has 0 spiro atoms. The third kappa shape index (κ3) is 2.98. The third-order valence-electron chi connectivity index (χ3n) is 3.20. The van der Waals surface area contributed by atoms with Crippen molar-refractivity contribution >= 4 is 11.6 Å². The Morgan fingerprint density at radius 2 is 1.95 bits per heavy atom. The van der Waals surface area contributed by atoms with Crippen molar-refractivity contribution in [2.45, 2.75) is 12.8 Å². The summed E-state index contributed by atoms with van der Waals surface area (Å²) >= 11 is 0. The summed E-state index contributed by atoms with van der Waals surface area (Å²) < 4.78 is 5.34. The summed E-state index contributed by atoms with van der Waals surface area (Å²) in [6.07, 6.45) is 2.03. The lowest BCUT2D eigenvalue weighted by molar-refractivity contribution is -0.114. The van der Waals surface area contributed by atoms with E-state index in [0.717, 1.165) is 11.1 Å². The van der Waals surface area contributed by atoms with Crippen LogP contribution in [0.3, 0.4) is 0 Å². The van der Waals surface area contributed by atoms with E-state index in [0.29, 0.717) is 12.2 Å². The standard InChI is InChI=1S/C15H12N4O3/c20-12(14(21)15-16-18-19-17-15)9-13-11(6-7-22-13)8-10-4-2-1-3-5-10/h1-7H,8-9H2,(H,16,17,18,19). The Balaban J connectivity index is 1.72. The molecule has 2 aromatic heterocycles. The van der Waals surface area contributed by atoms with E-state index >= 15 is 0 Å². The van der Waals surface area contributed by atoms with Crippen LogP contribution < -0.4 is 0 Å². The molecule has 0 aliphatic rings. The summed E-state index contributed by atoms with van der Waals surface area (Å²) in [6.45, 7) is 0. The molecule has 0 bridgehead atoms. The van der Waals surface area contributed by atoms with Crippen LogP contribution in [-0.2, 0) is 17.6 Å². The van der Waals surface area contributed by atoms with E-state index in [2.05, 4.69) is 20.6 Å². The highest BCUT2D eigenvalue weighted by Crippen LogP contribution is 2.17. The number of benzene rings is 1. The first-order chi connectivity index (χ1) is 10.7. The van der Waals surface area contributed by atoms with Crippen molar-refractivity contribution < 1.29 is 14.0 Å². The number of hydrogen-bond donors (Lipinski definition) is 1. The van der Waals surface area contributed by atoms with E-state index in [1.165, 1.54) is 6.26 Å². The average Bonchev–Trinajstić information content (AvgIpc) is 3.20. The zero-order valence-corrected chi connectivity index (χ0v) is 11.5. The van der Waals surface area contributed by atoms with Gasteiger partial charge in [-0.25, -0.2) is 0 Å². The molecule has 110 valence electrons. The van der Waals surface area contributed by atoms with Gasteiger partial charge >= 0.3 is 0 Å². The Labute approximate surface area is 125 Å². The summed E-state index contributed by atoms with van der Waals surface area (Å²) in [4.78, 5) is 23.8. The minimum atomic E-state index is -0.782. The highest BCUT2D eigenvalue weighted by Gasteiger charge is 2.23. The van der Waals surface area contributed by atoms with Crippen molar-refractivity contribution in [2.75, 3.05) is 0 Å². The van der Waals surface area contributed by atoms with E-state index in [-0.39, 0.29) is 12.2 Å². The molecule has 0 saturated heterocycles. The fourth-order valence-corrected chi connectivity index (χ4v) is 2.10. The fraction of sp³-hybridized carbons (Fsp3) is 0.133. The number of hydrogen-bond acceptors (Lipinski definition) is 6. The molecule has 2 heterocycles. The molecule has 0 aliphatic carbocycles. The topological polar surface area (TPSA) is 102 Å². The van der Waals surface area contributed by atoms with Gasteiger partial charge in [-0.05, 0) is 22.4 Å². The van der Waals surface area contributed by atoms with Crippen molar-refractivity contribution in [3.63, 3.8) is 0 Å². The normalized spacial score (nSPS) is 10.5. The van der Waals surface area contributed by atoms with E-state index < -0.39 is 11.6 Å². The lowest BCUT2D eigenvalue weighted by Crippen LogP contribution is -2.18. The van der Waals surface area contributed by atoms with Crippen molar-refractivity contribution in [3.8, 4) is 0 Å².